The Morgan fingerprint density at radius 3 is 0.667 bits per heavy atom. The Bertz CT molecular complexity index is 1960. The summed E-state index contributed by atoms with van der Waals surface area (Å²) in [6, 6.07) is 0. The maximum atomic E-state index is 13.1. The number of hydrogen-bond acceptors (Lipinski definition) is 15. The van der Waals surface area contributed by atoms with Gasteiger partial charge in [0.2, 0.25) is 0 Å². The fourth-order valence-corrected chi connectivity index (χ4v) is 14.5. The Morgan fingerprint density at radius 1 is 0.265 bits per heavy atom. The van der Waals surface area contributed by atoms with Gasteiger partial charge in [-0.3, -0.25) is 37.3 Å². The number of carbonyl (C=O) groups is 4. The van der Waals surface area contributed by atoms with E-state index in [4.69, 9.17) is 37.0 Å². The Kier molecular flexibility index (Phi) is 73.1. The molecular formula is C83H162O17P2. The first-order chi connectivity index (χ1) is 49.4. The van der Waals surface area contributed by atoms with Gasteiger partial charge in [-0.05, 0) is 37.5 Å². The minimum absolute atomic E-state index is 0.107. The van der Waals surface area contributed by atoms with Crippen molar-refractivity contribution in [3.05, 3.63) is 0 Å². The van der Waals surface area contributed by atoms with Crippen LogP contribution >= 0.6 is 15.6 Å². The lowest BCUT2D eigenvalue weighted by Crippen LogP contribution is -2.30. The van der Waals surface area contributed by atoms with Crippen LogP contribution in [0, 0.1) is 11.8 Å². The molecule has 0 aliphatic rings. The number of unbranched alkanes of at least 4 members (excludes halogenated alkanes) is 52. The predicted molar refractivity (Wildman–Crippen MR) is 418 cm³/mol. The second kappa shape index (κ2) is 74.5. The summed E-state index contributed by atoms with van der Waals surface area (Å²) in [4.78, 5) is 73.1. The van der Waals surface area contributed by atoms with Crippen LogP contribution in [0.4, 0.5) is 0 Å². The van der Waals surface area contributed by atoms with Gasteiger partial charge in [0, 0.05) is 25.7 Å². The first-order valence-electron chi connectivity index (χ1n) is 43.0. The van der Waals surface area contributed by atoms with E-state index in [-0.39, 0.29) is 25.7 Å². The molecular weight excluding hydrogens is 1330 g/mol. The molecule has 606 valence electrons. The summed E-state index contributed by atoms with van der Waals surface area (Å²) in [7, 11) is -9.92. The highest BCUT2D eigenvalue weighted by molar-refractivity contribution is 7.47. The monoisotopic (exact) mass is 1490 g/mol. The average molecular weight is 1490 g/mol. The van der Waals surface area contributed by atoms with Crippen molar-refractivity contribution in [1.82, 2.24) is 0 Å². The van der Waals surface area contributed by atoms with Crippen molar-refractivity contribution < 1.29 is 80.2 Å². The molecule has 0 bridgehead atoms. The van der Waals surface area contributed by atoms with Crippen molar-refractivity contribution in [2.24, 2.45) is 11.8 Å². The topological polar surface area (TPSA) is 237 Å². The molecule has 2 unspecified atom stereocenters. The molecule has 0 heterocycles. The lowest BCUT2D eigenvalue weighted by molar-refractivity contribution is -0.161. The van der Waals surface area contributed by atoms with E-state index in [1.54, 1.807) is 0 Å². The van der Waals surface area contributed by atoms with Crippen molar-refractivity contribution in [1.29, 1.82) is 0 Å². The van der Waals surface area contributed by atoms with Gasteiger partial charge in [0.05, 0.1) is 26.4 Å². The maximum absolute atomic E-state index is 13.1. The first-order valence-corrected chi connectivity index (χ1v) is 46.0. The molecule has 19 heteroatoms. The predicted octanol–water partition coefficient (Wildman–Crippen LogP) is 25.1. The van der Waals surface area contributed by atoms with Gasteiger partial charge >= 0.3 is 39.5 Å². The van der Waals surface area contributed by atoms with E-state index in [0.29, 0.717) is 25.7 Å². The molecule has 0 aliphatic heterocycles. The average Bonchev–Trinajstić information content (AvgIpc) is 1.64. The Hall–Kier alpha value is -1.94. The summed E-state index contributed by atoms with van der Waals surface area (Å²) in [5, 5.41) is 10.7. The summed E-state index contributed by atoms with van der Waals surface area (Å²) >= 11 is 0. The zero-order valence-corrected chi connectivity index (χ0v) is 68.7. The van der Waals surface area contributed by atoms with Crippen LogP contribution in [-0.4, -0.2) is 96.7 Å². The molecule has 0 aromatic heterocycles. The summed E-state index contributed by atoms with van der Waals surface area (Å²) in [5.41, 5.74) is 0. The van der Waals surface area contributed by atoms with E-state index in [9.17, 15) is 43.2 Å². The molecule has 0 aliphatic carbocycles. The number of esters is 4. The number of aliphatic hydroxyl groups is 1. The molecule has 0 saturated carbocycles. The van der Waals surface area contributed by atoms with Crippen molar-refractivity contribution >= 4 is 39.5 Å². The van der Waals surface area contributed by atoms with E-state index in [1.165, 1.54) is 257 Å². The second-order valence-electron chi connectivity index (χ2n) is 30.8. The molecule has 0 saturated heterocycles. The molecule has 3 N–H and O–H groups in total. The van der Waals surface area contributed by atoms with Crippen molar-refractivity contribution in [2.45, 2.75) is 458 Å². The van der Waals surface area contributed by atoms with Gasteiger partial charge in [-0.15, -0.1) is 0 Å². The Labute approximate surface area is 626 Å². The maximum Gasteiger partial charge on any atom is 0.472 e. The molecule has 102 heavy (non-hydrogen) atoms. The molecule has 0 aromatic carbocycles. The highest BCUT2D eigenvalue weighted by Crippen LogP contribution is 2.45. The third-order valence-corrected chi connectivity index (χ3v) is 21.4. The van der Waals surface area contributed by atoms with E-state index < -0.39 is 97.5 Å². The minimum Gasteiger partial charge on any atom is -0.462 e. The second-order valence-corrected chi connectivity index (χ2v) is 33.7. The zero-order valence-electron chi connectivity index (χ0n) is 66.9. The van der Waals surface area contributed by atoms with Crippen molar-refractivity contribution in [3.63, 3.8) is 0 Å². The molecule has 0 spiro atoms. The lowest BCUT2D eigenvalue weighted by Gasteiger charge is -2.21. The molecule has 0 aromatic rings. The van der Waals surface area contributed by atoms with Gasteiger partial charge in [0.25, 0.3) is 0 Å². The number of carbonyl (C=O) groups excluding carboxylic acids is 4. The van der Waals surface area contributed by atoms with E-state index in [0.717, 1.165) is 102 Å². The van der Waals surface area contributed by atoms with Crippen molar-refractivity contribution in [3.8, 4) is 0 Å². The number of rotatable bonds is 82. The largest absolute Gasteiger partial charge is 0.472 e. The van der Waals surface area contributed by atoms with Crippen LogP contribution in [0.3, 0.4) is 0 Å². The fraction of sp³-hybridized carbons (Fsp3) is 0.952. The molecule has 0 fully saturated rings. The highest BCUT2D eigenvalue weighted by Gasteiger charge is 2.30. The Balaban J connectivity index is 5.22. The van der Waals surface area contributed by atoms with Crippen LogP contribution in [0.1, 0.15) is 440 Å². The zero-order chi connectivity index (χ0) is 74.9. The molecule has 0 radical (unpaired) electrons. The van der Waals surface area contributed by atoms with Gasteiger partial charge in [-0.1, -0.05) is 388 Å². The molecule has 5 atom stereocenters. The van der Waals surface area contributed by atoms with Gasteiger partial charge in [-0.25, -0.2) is 9.13 Å². The van der Waals surface area contributed by atoms with Gasteiger partial charge in [0.15, 0.2) is 12.2 Å². The standard InChI is InChI=1S/C83H162O17P2/c1-7-9-11-13-15-17-18-19-20-21-22-23-24-25-32-37-43-49-55-61-67-82(87)100-79(72-94-81(86)66-60-54-48-42-36-31-27-26-29-34-40-45-51-57-63-75(3)4)74-98-102(91,92)96-70-77(84)69-95-101(89,90)97-73-78(71-93-80(85)65-59-53-47-39-16-14-12-10-8-2)99-83(88)68-62-56-50-44-38-33-28-30-35-41-46-52-58-64-76(5)6/h75-79,84H,7-74H2,1-6H3,(H,89,90)(H,91,92)/t77-,78+,79+/m0/s1. The van der Waals surface area contributed by atoms with Gasteiger partial charge in [0.1, 0.15) is 19.3 Å². The number of phosphoric acid groups is 2. The summed E-state index contributed by atoms with van der Waals surface area (Å²) in [5.74, 6) is -0.521. The minimum atomic E-state index is -4.96. The number of aliphatic hydroxyl groups excluding tert-OH is 1. The number of phosphoric ester groups is 2. The van der Waals surface area contributed by atoms with Crippen LogP contribution in [0.2, 0.25) is 0 Å². The first kappa shape index (κ1) is 100. The van der Waals surface area contributed by atoms with E-state index in [1.807, 2.05) is 0 Å². The van der Waals surface area contributed by atoms with E-state index >= 15 is 0 Å². The summed E-state index contributed by atoms with van der Waals surface area (Å²) in [6.07, 6.45) is 65.2. The van der Waals surface area contributed by atoms with Crippen LogP contribution in [-0.2, 0) is 65.4 Å². The van der Waals surface area contributed by atoms with Gasteiger partial charge < -0.3 is 33.8 Å². The molecule has 0 rings (SSSR count). The summed E-state index contributed by atoms with van der Waals surface area (Å²) in [6.45, 7) is 9.67. The van der Waals surface area contributed by atoms with Gasteiger partial charge in [-0.2, -0.15) is 0 Å². The highest BCUT2D eigenvalue weighted by atomic mass is 31.2. The van der Waals surface area contributed by atoms with Crippen LogP contribution in [0.5, 0.6) is 0 Å². The van der Waals surface area contributed by atoms with Crippen LogP contribution in [0.25, 0.3) is 0 Å². The fourth-order valence-electron chi connectivity index (χ4n) is 12.9. The normalized spacial score (nSPS) is 13.9. The van der Waals surface area contributed by atoms with Crippen LogP contribution in [0.15, 0.2) is 0 Å². The lowest BCUT2D eigenvalue weighted by atomic mass is 10.0. The SMILES string of the molecule is CCCCCCCCCCCCCCCCCCCCCCC(=O)O[C@H](COC(=O)CCCCCCCCCCCCCCCCC(C)C)COP(=O)(O)OC[C@@H](O)COP(=O)(O)OC[C@@H](COC(=O)CCCCCCCCCCC)OC(=O)CCCCCCCCCCCCCCCC(C)C. The number of hydrogen-bond donors (Lipinski definition) is 3. The van der Waals surface area contributed by atoms with Crippen LogP contribution < -0.4 is 0 Å². The number of ether oxygens (including phenoxy) is 4. The Morgan fingerprint density at radius 2 is 0.451 bits per heavy atom. The third-order valence-electron chi connectivity index (χ3n) is 19.5. The smallest absolute Gasteiger partial charge is 0.462 e. The quantitative estimate of drug-likeness (QED) is 0.0222. The third kappa shape index (κ3) is 76.3. The molecule has 0 amide bonds. The van der Waals surface area contributed by atoms with Crippen molar-refractivity contribution in [2.75, 3.05) is 39.6 Å². The molecule has 17 nitrogen and oxygen atoms in total. The summed E-state index contributed by atoms with van der Waals surface area (Å²) < 4.78 is 68.8. The van der Waals surface area contributed by atoms with E-state index in [2.05, 4.69) is 41.5 Å².